The van der Waals surface area contributed by atoms with Crippen molar-refractivity contribution in [1.82, 2.24) is 4.90 Å². The fourth-order valence-electron chi connectivity index (χ4n) is 6.43. The minimum Gasteiger partial charge on any atom is -0.373 e. The minimum atomic E-state index is -0.381. The van der Waals surface area contributed by atoms with Crippen LogP contribution in [0.15, 0.2) is 24.3 Å². The summed E-state index contributed by atoms with van der Waals surface area (Å²) in [4.78, 5) is 14.4. The van der Waals surface area contributed by atoms with Gasteiger partial charge < -0.3 is 19.9 Å². The van der Waals surface area contributed by atoms with Crippen LogP contribution in [-0.2, 0) is 19.8 Å². The predicted molar refractivity (Wildman–Crippen MR) is 118 cm³/mol. The standard InChI is InChI=1S/C25H36N2O4/c1-29-25(19-7-4-6-18(14-19)23(26)28)20-8-5-9-21(25)16-27(15-20)17-24(11-12-24)31-22-10-2-3-13-30-22/h4,6-7,14,20-22H,2-3,5,8-13,15-17H2,1H3,(H2,26,28)/t20-,21+,22?,25?. The molecule has 2 saturated carbocycles. The molecule has 0 radical (unpaired) electrons. The Bertz CT molecular complexity index is 788. The molecular weight excluding hydrogens is 392 g/mol. The number of nitrogens with two attached hydrogens (primary N) is 1. The molecule has 2 saturated heterocycles. The molecule has 2 aliphatic heterocycles. The zero-order chi connectivity index (χ0) is 21.5. The topological polar surface area (TPSA) is 74.0 Å². The van der Waals surface area contributed by atoms with E-state index in [2.05, 4.69) is 11.0 Å². The van der Waals surface area contributed by atoms with E-state index < -0.39 is 0 Å². The summed E-state index contributed by atoms with van der Waals surface area (Å²) in [5.41, 5.74) is 6.88. The molecule has 31 heavy (non-hydrogen) atoms. The molecule has 1 amide bonds. The smallest absolute Gasteiger partial charge is 0.248 e. The van der Waals surface area contributed by atoms with Crippen LogP contribution in [0.3, 0.4) is 0 Å². The molecule has 2 heterocycles. The second-order valence-corrected chi connectivity index (χ2v) is 10.1. The number of primary amides is 1. The number of carbonyl (C=O) groups excluding carboxylic acids is 1. The highest BCUT2D eigenvalue weighted by Gasteiger charge is 2.55. The molecular formula is C25H36N2O4. The van der Waals surface area contributed by atoms with Gasteiger partial charge in [-0.2, -0.15) is 0 Å². The fraction of sp³-hybridized carbons (Fsp3) is 0.720. The molecule has 0 spiro atoms. The first-order valence-electron chi connectivity index (χ1n) is 12.0. The lowest BCUT2D eigenvalue weighted by molar-refractivity contribution is -0.210. The van der Waals surface area contributed by atoms with Gasteiger partial charge in [0.15, 0.2) is 6.29 Å². The van der Waals surface area contributed by atoms with Gasteiger partial charge in [0.25, 0.3) is 0 Å². The number of ether oxygens (including phenoxy) is 3. The normalized spacial score (nSPS) is 34.9. The van der Waals surface area contributed by atoms with Crippen molar-refractivity contribution in [3.8, 4) is 0 Å². The summed E-state index contributed by atoms with van der Waals surface area (Å²) in [5.74, 6) is 0.415. The van der Waals surface area contributed by atoms with Gasteiger partial charge in [-0.25, -0.2) is 0 Å². The van der Waals surface area contributed by atoms with E-state index in [0.29, 0.717) is 17.4 Å². The van der Waals surface area contributed by atoms with Crippen LogP contribution < -0.4 is 5.73 Å². The number of amides is 1. The number of methoxy groups -OCH3 is 1. The van der Waals surface area contributed by atoms with Crippen molar-refractivity contribution in [3.05, 3.63) is 35.4 Å². The zero-order valence-electron chi connectivity index (χ0n) is 18.7. The van der Waals surface area contributed by atoms with Crippen molar-refractivity contribution in [2.45, 2.75) is 68.9 Å². The van der Waals surface area contributed by atoms with E-state index in [-0.39, 0.29) is 23.4 Å². The van der Waals surface area contributed by atoms with E-state index in [0.717, 1.165) is 70.3 Å². The summed E-state index contributed by atoms with van der Waals surface area (Å²) in [6.45, 7) is 3.82. The van der Waals surface area contributed by atoms with Crippen LogP contribution in [0, 0.1) is 11.8 Å². The molecule has 2 N–H and O–H groups in total. The summed E-state index contributed by atoms with van der Waals surface area (Å²) < 4.78 is 18.7. The second-order valence-electron chi connectivity index (χ2n) is 10.1. The quantitative estimate of drug-likeness (QED) is 0.720. The van der Waals surface area contributed by atoms with Crippen LogP contribution in [-0.4, -0.2) is 56.0 Å². The third-order valence-corrected chi connectivity index (χ3v) is 8.05. The monoisotopic (exact) mass is 428 g/mol. The van der Waals surface area contributed by atoms with Gasteiger partial charge in [0.05, 0.1) is 5.60 Å². The highest BCUT2D eigenvalue weighted by Crippen LogP contribution is 2.53. The Balaban J connectivity index is 1.33. The van der Waals surface area contributed by atoms with E-state index in [1.54, 1.807) is 6.07 Å². The van der Waals surface area contributed by atoms with Gasteiger partial charge in [0.1, 0.15) is 5.60 Å². The molecule has 2 aliphatic carbocycles. The molecule has 5 rings (SSSR count). The fourth-order valence-corrected chi connectivity index (χ4v) is 6.43. The molecule has 0 aromatic heterocycles. The van der Waals surface area contributed by atoms with Crippen molar-refractivity contribution in [2.75, 3.05) is 33.4 Å². The summed E-state index contributed by atoms with van der Waals surface area (Å²) in [5, 5.41) is 0. The zero-order valence-corrected chi connectivity index (χ0v) is 18.7. The van der Waals surface area contributed by atoms with Gasteiger partial charge >= 0.3 is 0 Å². The lowest BCUT2D eigenvalue weighted by Gasteiger charge is -2.56. The Labute approximate surface area is 185 Å². The first kappa shape index (κ1) is 21.4. The van der Waals surface area contributed by atoms with Gasteiger partial charge in [-0.05, 0) is 62.6 Å². The van der Waals surface area contributed by atoms with Crippen molar-refractivity contribution in [3.63, 3.8) is 0 Å². The van der Waals surface area contributed by atoms with E-state index in [1.807, 2.05) is 19.2 Å². The van der Waals surface area contributed by atoms with Crippen LogP contribution in [0.25, 0.3) is 0 Å². The number of fused-ring (bicyclic) bond motifs is 2. The first-order valence-corrected chi connectivity index (χ1v) is 12.0. The molecule has 4 fully saturated rings. The average Bonchev–Trinajstić information content (AvgIpc) is 3.52. The highest BCUT2D eigenvalue weighted by atomic mass is 16.7. The van der Waals surface area contributed by atoms with Crippen molar-refractivity contribution in [1.29, 1.82) is 0 Å². The Kier molecular flexibility index (Phi) is 5.84. The number of carbonyl (C=O) groups is 1. The summed E-state index contributed by atoms with van der Waals surface area (Å²) >= 11 is 0. The van der Waals surface area contributed by atoms with Crippen molar-refractivity contribution in [2.24, 2.45) is 17.6 Å². The van der Waals surface area contributed by atoms with Gasteiger partial charge in [-0.3, -0.25) is 9.69 Å². The Morgan fingerprint density at radius 1 is 1.16 bits per heavy atom. The maximum absolute atomic E-state index is 11.8. The molecule has 170 valence electrons. The molecule has 2 bridgehead atoms. The molecule has 4 aliphatic rings. The molecule has 6 heteroatoms. The third kappa shape index (κ3) is 4.04. The van der Waals surface area contributed by atoms with Crippen LogP contribution in [0.2, 0.25) is 0 Å². The van der Waals surface area contributed by atoms with E-state index in [4.69, 9.17) is 19.9 Å². The molecule has 6 nitrogen and oxygen atoms in total. The van der Waals surface area contributed by atoms with Crippen LogP contribution in [0.5, 0.6) is 0 Å². The Morgan fingerprint density at radius 3 is 2.55 bits per heavy atom. The predicted octanol–water partition coefficient (Wildman–Crippen LogP) is 3.43. The van der Waals surface area contributed by atoms with Crippen LogP contribution >= 0.6 is 0 Å². The summed E-state index contributed by atoms with van der Waals surface area (Å²) in [7, 11) is 1.84. The van der Waals surface area contributed by atoms with Gasteiger partial charge in [0.2, 0.25) is 5.91 Å². The van der Waals surface area contributed by atoms with Crippen molar-refractivity contribution >= 4 is 5.91 Å². The number of benzene rings is 1. The lowest BCUT2D eigenvalue weighted by Crippen LogP contribution is -2.60. The average molecular weight is 429 g/mol. The lowest BCUT2D eigenvalue weighted by atomic mass is 9.62. The summed E-state index contributed by atoms with van der Waals surface area (Å²) in [6, 6.07) is 7.80. The van der Waals surface area contributed by atoms with Gasteiger partial charge in [-0.15, -0.1) is 0 Å². The van der Waals surface area contributed by atoms with Crippen LogP contribution in [0.1, 0.15) is 67.3 Å². The highest BCUT2D eigenvalue weighted by molar-refractivity contribution is 5.92. The number of hydrogen-bond donors (Lipinski definition) is 1. The van der Waals surface area contributed by atoms with E-state index in [1.165, 1.54) is 12.8 Å². The first-order chi connectivity index (χ1) is 15.0. The Morgan fingerprint density at radius 2 is 1.94 bits per heavy atom. The number of nitrogens with zero attached hydrogens (tertiary/aromatic N) is 1. The largest absolute Gasteiger partial charge is 0.373 e. The van der Waals surface area contributed by atoms with Crippen LogP contribution in [0.4, 0.5) is 0 Å². The number of hydrogen-bond acceptors (Lipinski definition) is 5. The third-order valence-electron chi connectivity index (χ3n) is 8.05. The van der Waals surface area contributed by atoms with E-state index in [9.17, 15) is 4.79 Å². The maximum Gasteiger partial charge on any atom is 0.248 e. The minimum absolute atomic E-state index is 0.0184. The van der Waals surface area contributed by atoms with Crippen molar-refractivity contribution < 1.29 is 19.0 Å². The second kappa shape index (κ2) is 8.47. The maximum atomic E-state index is 11.8. The number of rotatable bonds is 7. The molecule has 2 unspecified atom stereocenters. The Hall–Kier alpha value is -1.47. The molecule has 1 aromatic rings. The van der Waals surface area contributed by atoms with E-state index >= 15 is 0 Å². The summed E-state index contributed by atoms with van der Waals surface area (Å²) in [6.07, 6.45) is 9.15. The molecule has 4 atom stereocenters. The number of piperidine rings is 1. The molecule has 1 aromatic carbocycles. The number of likely N-dealkylation sites (tertiary alicyclic amines) is 1. The van der Waals surface area contributed by atoms with Gasteiger partial charge in [0, 0.05) is 50.8 Å². The van der Waals surface area contributed by atoms with Gasteiger partial charge in [-0.1, -0.05) is 18.6 Å². The SMILES string of the molecule is COC1(c2cccc(C(N)=O)c2)[C@@H]2CCC[C@H]1CN(CC1(OC3CCCCO3)CC1)C2.